The van der Waals surface area contributed by atoms with Gasteiger partial charge in [0.25, 0.3) is 5.91 Å². The molecule has 4 heteroatoms. The topological polar surface area (TPSA) is 42.4 Å². The Morgan fingerprint density at radius 1 is 1.47 bits per heavy atom. The summed E-state index contributed by atoms with van der Waals surface area (Å²) in [4.78, 5) is 18.8. The van der Waals surface area contributed by atoms with Gasteiger partial charge >= 0.3 is 0 Å². The Morgan fingerprint density at radius 2 is 2.32 bits per heavy atom. The maximum absolute atomic E-state index is 12.7. The number of carbonyl (C=O) groups excluding carboxylic acids is 1. The van der Waals surface area contributed by atoms with E-state index in [1.165, 1.54) is 6.42 Å². The van der Waals surface area contributed by atoms with Crippen LogP contribution in [0.4, 0.5) is 0 Å². The molecule has 0 spiro atoms. The molecule has 1 fully saturated rings. The molecule has 2 heterocycles. The van der Waals surface area contributed by atoms with Gasteiger partial charge in [0.2, 0.25) is 5.88 Å². The van der Waals surface area contributed by atoms with Crippen LogP contribution >= 0.6 is 0 Å². The lowest BCUT2D eigenvalue weighted by Gasteiger charge is -2.35. The molecule has 1 aliphatic rings. The van der Waals surface area contributed by atoms with E-state index in [-0.39, 0.29) is 5.91 Å². The van der Waals surface area contributed by atoms with Gasteiger partial charge in [0.05, 0.1) is 6.61 Å². The Kier molecular flexibility index (Phi) is 4.77. The van der Waals surface area contributed by atoms with Crippen molar-refractivity contribution in [2.45, 2.75) is 45.6 Å². The van der Waals surface area contributed by atoms with Crippen LogP contribution in [0.15, 0.2) is 18.3 Å². The fourth-order valence-electron chi connectivity index (χ4n) is 2.65. The van der Waals surface area contributed by atoms with Crippen LogP contribution in [0.3, 0.4) is 0 Å². The van der Waals surface area contributed by atoms with E-state index >= 15 is 0 Å². The third kappa shape index (κ3) is 3.06. The molecule has 1 aromatic heterocycles. The lowest BCUT2D eigenvalue weighted by molar-refractivity contribution is 0.0603. The first kappa shape index (κ1) is 13.8. The third-order valence-corrected chi connectivity index (χ3v) is 3.64. The van der Waals surface area contributed by atoms with Gasteiger partial charge in [-0.25, -0.2) is 4.98 Å². The molecule has 0 N–H and O–H groups in total. The van der Waals surface area contributed by atoms with E-state index in [1.807, 2.05) is 17.9 Å². The van der Waals surface area contributed by atoms with Crippen LogP contribution in [-0.4, -0.2) is 35.0 Å². The van der Waals surface area contributed by atoms with Crippen LogP contribution in [-0.2, 0) is 0 Å². The molecule has 0 aliphatic carbocycles. The van der Waals surface area contributed by atoms with Gasteiger partial charge in [-0.05, 0) is 44.7 Å². The molecule has 1 unspecified atom stereocenters. The lowest BCUT2D eigenvalue weighted by atomic mass is 9.99. The van der Waals surface area contributed by atoms with Crippen LogP contribution < -0.4 is 4.74 Å². The molecule has 2 rings (SSSR count). The predicted octanol–water partition coefficient (Wildman–Crippen LogP) is 2.89. The minimum atomic E-state index is 0.0584. The average molecular weight is 262 g/mol. The van der Waals surface area contributed by atoms with Crippen LogP contribution in [0, 0.1) is 0 Å². The van der Waals surface area contributed by atoms with E-state index in [9.17, 15) is 4.79 Å². The molecule has 1 aromatic rings. The third-order valence-electron chi connectivity index (χ3n) is 3.64. The summed E-state index contributed by atoms with van der Waals surface area (Å²) in [6.45, 7) is 5.41. The Bertz CT molecular complexity index is 434. The smallest absolute Gasteiger partial charge is 0.259 e. The van der Waals surface area contributed by atoms with Crippen molar-refractivity contribution in [1.82, 2.24) is 9.88 Å². The number of pyridine rings is 1. The molecule has 4 nitrogen and oxygen atoms in total. The second kappa shape index (κ2) is 6.55. The molecule has 104 valence electrons. The van der Waals surface area contributed by atoms with Crippen molar-refractivity contribution < 1.29 is 9.53 Å². The molecule has 1 aliphatic heterocycles. The first-order valence-electron chi connectivity index (χ1n) is 7.16. The minimum absolute atomic E-state index is 0.0584. The Hall–Kier alpha value is -1.58. The zero-order valence-corrected chi connectivity index (χ0v) is 11.8. The SMILES string of the molecule is CCOc1ncccc1C(=O)N1CCCCC1CC. The van der Waals surface area contributed by atoms with Crippen molar-refractivity contribution in [1.29, 1.82) is 0 Å². The van der Waals surface area contributed by atoms with Crippen molar-refractivity contribution in [2.24, 2.45) is 0 Å². The summed E-state index contributed by atoms with van der Waals surface area (Å²) in [5, 5.41) is 0. The quantitative estimate of drug-likeness (QED) is 0.838. The Morgan fingerprint density at radius 3 is 3.05 bits per heavy atom. The van der Waals surface area contributed by atoms with Crippen LogP contribution in [0.25, 0.3) is 0 Å². The predicted molar refractivity (Wildman–Crippen MR) is 74.4 cm³/mol. The number of piperidine rings is 1. The van der Waals surface area contributed by atoms with Gasteiger partial charge in [0.1, 0.15) is 5.56 Å². The highest BCUT2D eigenvalue weighted by molar-refractivity contribution is 5.96. The summed E-state index contributed by atoms with van der Waals surface area (Å²) in [6, 6.07) is 3.96. The van der Waals surface area contributed by atoms with Gasteiger partial charge in [-0.1, -0.05) is 6.92 Å². The van der Waals surface area contributed by atoms with E-state index in [0.29, 0.717) is 24.1 Å². The molecule has 1 saturated heterocycles. The van der Waals surface area contributed by atoms with Crippen LogP contribution in [0.1, 0.15) is 49.9 Å². The normalized spacial score (nSPS) is 19.3. The number of aromatic nitrogens is 1. The van der Waals surface area contributed by atoms with Gasteiger partial charge in [-0.2, -0.15) is 0 Å². The van der Waals surface area contributed by atoms with Gasteiger partial charge in [-0.15, -0.1) is 0 Å². The van der Waals surface area contributed by atoms with Gasteiger partial charge in [-0.3, -0.25) is 4.79 Å². The maximum atomic E-state index is 12.7. The molecule has 0 aromatic carbocycles. The molecule has 0 bridgehead atoms. The van der Waals surface area contributed by atoms with Crippen LogP contribution in [0.2, 0.25) is 0 Å². The fourth-order valence-corrected chi connectivity index (χ4v) is 2.65. The van der Waals surface area contributed by atoms with E-state index in [1.54, 1.807) is 12.3 Å². The number of hydrogen-bond acceptors (Lipinski definition) is 3. The van der Waals surface area contributed by atoms with Crippen LogP contribution in [0.5, 0.6) is 5.88 Å². The zero-order chi connectivity index (χ0) is 13.7. The standard InChI is InChI=1S/C15H22N2O2/c1-3-12-8-5-6-11-17(12)15(18)13-9-7-10-16-14(13)19-4-2/h7,9-10,12H,3-6,8,11H2,1-2H3. The average Bonchev–Trinajstić information content (AvgIpc) is 2.47. The monoisotopic (exact) mass is 262 g/mol. The highest BCUT2D eigenvalue weighted by atomic mass is 16.5. The lowest BCUT2D eigenvalue weighted by Crippen LogP contribution is -2.43. The van der Waals surface area contributed by atoms with Crippen molar-refractivity contribution >= 4 is 5.91 Å². The van der Waals surface area contributed by atoms with Crippen molar-refractivity contribution in [3.63, 3.8) is 0 Å². The second-order valence-corrected chi connectivity index (χ2v) is 4.85. The Labute approximate surface area is 114 Å². The molecule has 0 radical (unpaired) electrons. The van der Waals surface area contributed by atoms with Gasteiger partial charge in [0.15, 0.2) is 0 Å². The largest absolute Gasteiger partial charge is 0.477 e. The zero-order valence-electron chi connectivity index (χ0n) is 11.8. The second-order valence-electron chi connectivity index (χ2n) is 4.85. The molecule has 1 atom stereocenters. The number of nitrogens with zero attached hydrogens (tertiary/aromatic N) is 2. The summed E-state index contributed by atoms with van der Waals surface area (Å²) in [7, 11) is 0. The number of carbonyl (C=O) groups is 1. The van der Waals surface area contributed by atoms with E-state index < -0.39 is 0 Å². The summed E-state index contributed by atoms with van der Waals surface area (Å²) in [5.74, 6) is 0.513. The Balaban J connectivity index is 2.22. The number of hydrogen-bond donors (Lipinski definition) is 0. The van der Waals surface area contributed by atoms with E-state index in [4.69, 9.17) is 4.74 Å². The van der Waals surface area contributed by atoms with E-state index in [2.05, 4.69) is 11.9 Å². The molecular weight excluding hydrogens is 240 g/mol. The molecular formula is C15H22N2O2. The summed E-state index contributed by atoms with van der Waals surface area (Å²) in [5.41, 5.74) is 0.588. The highest BCUT2D eigenvalue weighted by Crippen LogP contribution is 2.24. The number of likely N-dealkylation sites (tertiary alicyclic amines) is 1. The van der Waals surface area contributed by atoms with Gasteiger partial charge < -0.3 is 9.64 Å². The van der Waals surface area contributed by atoms with Crippen molar-refractivity contribution in [3.8, 4) is 5.88 Å². The summed E-state index contributed by atoms with van der Waals surface area (Å²) in [6.07, 6.45) is 6.08. The highest BCUT2D eigenvalue weighted by Gasteiger charge is 2.28. The molecule has 19 heavy (non-hydrogen) atoms. The minimum Gasteiger partial charge on any atom is -0.477 e. The summed E-state index contributed by atoms with van der Waals surface area (Å²) < 4.78 is 5.46. The first-order chi connectivity index (χ1) is 9.27. The number of amides is 1. The molecule has 0 saturated carbocycles. The number of ether oxygens (including phenoxy) is 1. The van der Waals surface area contributed by atoms with E-state index in [0.717, 1.165) is 25.8 Å². The molecule has 1 amide bonds. The first-order valence-corrected chi connectivity index (χ1v) is 7.16. The van der Waals surface area contributed by atoms with Crippen molar-refractivity contribution in [2.75, 3.05) is 13.2 Å². The summed E-state index contributed by atoms with van der Waals surface area (Å²) >= 11 is 0. The number of rotatable bonds is 4. The van der Waals surface area contributed by atoms with Crippen molar-refractivity contribution in [3.05, 3.63) is 23.9 Å². The maximum Gasteiger partial charge on any atom is 0.259 e. The fraction of sp³-hybridized carbons (Fsp3) is 0.600. The van der Waals surface area contributed by atoms with Gasteiger partial charge in [0, 0.05) is 18.8 Å².